The van der Waals surface area contributed by atoms with Gasteiger partial charge in [0.05, 0.1) is 16.6 Å². The van der Waals surface area contributed by atoms with E-state index in [1.54, 1.807) is 17.4 Å². The summed E-state index contributed by atoms with van der Waals surface area (Å²) in [5.74, 6) is 0. The molecule has 1 aromatic heterocycles. The van der Waals surface area contributed by atoms with Gasteiger partial charge in [0.25, 0.3) is 0 Å². The van der Waals surface area contributed by atoms with Crippen LogP contribution in [0.4, 0.5) is 13.2 Å². The highest BCUT2D eigenvalue weighted by atomic mass is 35.5. The predicted molar refractivity (Wildman–Crippen MR) is 87.1 cm³/mol. The molecule has 0 aliphatic carbocycles. The second-order valence-electron chi connectivity index (χ2n) is 5.48. The Kier molecular flexibility index (Phi) is 4.96. The molecule has 2 nitrogen and oxygen atoms in total. The van der Waals surface area contributed by atoms with Crippen molar-refractivity contribution >= 4 is 22.9 Å². The number of alkyl halides is 3. The van der Waals surface area contributed by atoms with Crippen molar-refractivity contribution in [1.29, 1.82) is 0 Å². The maximum atomic E-state index is 13.2. The number of hydrogen-bond donors (Lipinski definition) is 1. The van der Waals surface area contributed by atoms with Crippen LogP contribution in [0, 0.1) is 0 Å². The summed E-state index contributed by atoms with van der Waals surface area (Å²) in [5, 5.41) is 6.96. The van der Waals surface area contributed by atoms with E-state index in [2.05, 4.69) is 10.2 Å². The van der Waals surface area contributed by atoms with Crippen LogP contribution in [-0.2, 0) is 6.18 Å². The molecule has 1 aromatic carbocycles. The highest BCUT2D eigenvalue weighted by molar-refractivity contribution is 7.08. The molecule has 1 aliphatic rings. The Morgan fingerprint density at radius 1 is 1.13 bits per heavy atom. The van der Waals surface area contributed by atoms with Gasteiger partial charge >= 0.3 is 6.18 Å². The van der Waals surface area contributed by atoms with Crippen molar-refractivity contribution in [3.8, 4) is 0 Å². The van der Waals surface area contributed by atoms with Gasteiger partial charge in [-0.2, -0.15) is 24.5 Å². The van der Waals surface area contributed by atoms with Crippen LogP contribution in [0.1, 0.15) is 22.7 Å². The first-order valence-corrected chi connectivity index (χ1v) is 8.62. The average molecular weight is 361 g/mol. The smallest absolute Gasteiger partial charge is 0.314 e. The van der Waals surface area contributed by atoms with Crippen molar-refractivity contribution in [1.82, 2.24) is 10.2 Å². The Morgan fingerprint density at radius 3 is 2.48 bits per heavy atom. The maximum Gasteiger partial charge on any atom is 0.417 e. The van der Waals surface area contributed by atoms with Gasteiger partial charge in [-0.15, -0.1) is 0 Å². The van der Waals surface area contributed by atoms with Gasteiger partial charge in [-0.3, -0.25) is 4.90 Å². The zero-order chi connectivity index (χ0) is 16.4. The second kappa shape index (κ2) is 6.81. The fourth-order valence-electron chi connectivity index (χ4n) is 2.92. The maximum absolute atomic E-state index is 13.2. The fourth-order valence-corrected chi connectivity index (χ4v) is 3.82. The van der Waals surface area contributed by atoms with Crippen molar-refractivity contribution in [2.45, 2.75) is 12.2 Å². The Bertz CT molecular complexity index is 652. The molecule has 0 bridgehead atoms. The third-order valence-electron chi connectivity index (χ3n) is 3.99. The molecule has 1 N–H and O–H groups in total. The molecule has 0 radical (unpaired) electrons. The van der Waals surface area contributed by atoms with Crippen LogP contribution in [0.15, 0.2) is 35.0 Å². The molecule has 124 valence electrons. The van der Waals surface area contributed by atoms with Gasteiger partial charge < -0.3 is 5.32 Å². The highest BCUT2D eigenvalue weighted by Gasteiger charge is 2.35. The Balaban J connectivity index is 2.03. The first-order chi connectivity index (χ1) is 11.0. The van der Waals surface area contributed by atoms with E-state index in [4.69, 9.17) is 11.6 Å². The van der Waals surface area contributed by atoms with E-state index in [1.807, 2.05) is 16.8 Å². The number of hydrogen-bond acceptors (Lipinski definition) is 3. The summed E-state index contributed by atoms with van der Waals surface area (Å²) < 4.78 is 39.5. The molecular weight excluding hydrogens is 345 g/mol. The normalized spacial score (nSPS) is 18.1. The average Bonchev–Trinajstić information content (AvgIpc) is 3.03. The molecule has 0 saturated carbocycles. The third-order valence-corrected chi connectivity index (χ3v) is 5.02. The topological polar surface area (TPSA) is 15.3 Å². The minimum absolute atomic E-state index is 0.179. The van der Waals surface area contributed by atoms with Gasteiger partial charge in [-0.1, -0.05) is 17.7 Å². The quantitative estimate of drug-likeness (QED) is 0.872. The molecule has 1 aliphatic heterocycles. The number of nitrogens with one attached hydrogen (secondary N) is 1. The lowest BCUT2D eigenvalue weighted by atomic mass is 9.97. The number of thiophene rings is 1. The van der Waals surface area contributed by atoms with E-state index in [0.29, 0.717) is 5.56 Å². The molecule has 2 aromatic rings. The number of halogens is 4. The minimum atomic E-state index is -4.45. The molecular formula is C16H16ClF3N2S. The van der Waals surface area contributed by atoms with Crippen LogP contribution in [-0.4, -0.2) is 31.1 Å². The van der Waals surface area contributed by atoms with Gasteiger partial charge in [0.1, 0.15) is 0 Å². The zero-order valence-electron chi connectivity index (χ0n) is 12.2. The Hall–Kier alpha value is -1.08. The molecule has 2 heterocycles. The van der Waals surface area contributed by atoms with Gasteiger partial charge in [0.2, 0.25) is 0 Å². The van der Waals surface area contributed by atoms with Crippen molar-refractivity contribution in [2.24, 2.45) is 0 Å². The van der Waals surface area contributed by atoms with Crippen molar-refractivity contribution < 1.29 is 13.2 Å². The van der Waals surface area contributed by atoms with Gasteiger partial charge in [0, 0.05) is 26.2 Å². The van der Waals surface area contributed by atoms with Crippen LogP contribution in [0.3, 0.4) is 0 Å². The van der Waals surface area contributed by atoms with E-state index in [9.17, 15) is 13.2 Å². The van der Waals surface area contributed by atoms with Crippen molar-refractivity contribution in [3.63, 3.8) is 0 Å². The van der Waals surface area contributed by atoms with Crippen LogP contribution in [0.2, 0.25) is 5.02 Å². The van der Waals surface area contributed by atoms with E-state index >= 15 is 0 Å². The first kappa shape index (κ1) is 16.8. The van der Waals surface area contributed by atoms with E-state index in [1.165, 1.54) is 12.1 Å². The Morgan fingerprint density at radius 2 is 1.87 bits per heavy atom. The summed E-state index contributed by atoms with van der Waals surface area (Å²) >= 11 is 7.30. The van der Waals surface area contributed by atoms with Crippen molar-refractivity contribution in [3.05, 3.63) is 56.7 Å². The first-order valence-electron chi connectivity index (χ1n) is 7.30. The van der Waals surface area contributed by atoms with E-state index < -0.39 is 11.7 Å². The van der Waals surface area contributed by atoms with E-state index in [0.717, 1.165) is 31.7 Å². The summed E-state index contributed by atoms with van der Waals surface area (Å²) in [6.07, 6.45) is -4.45. The Labute approximate surface area is 141 Å². The second-order valence-corrected chi connectivity index (χ2v) is 6.67. The number of benzene rings is 1. The van der Waals surface area contributed by atoms with Crippen LogP contribution in [0.25, 0.3) is 0 Å². The van der Waals surface area contributed by atoms with Gasteiger partial charge in [-0.05, 0) is 40.1 Å². The van der Waals surface area contributed by atoms with Crippen molar-refractivity contribution in [2.75, 3.05) is 26.2 Å². The highest BCUT2D eigenvalue weighted by Crippen LogP contribution is 2.38. The molecule has 1 fully saturated rings. The standard InChI is InChI=1S/C16H16ClF3N2S/c17-14-2-1-11(9-13(14)16(18,19)20)15(12-3-8-23-10-12)22-6-4-21-5-7-22/h1-3,8-10,15,21H,4-7H2/t15-/m1/s1. The van der Waals surface area contributed by atoms with Gasteiger partial charge in [0.15, 0.2) is 0 Å². The molecule has 3 rings (SSSR count). The van der Waals surface area contributed by atoms with Crippen LogP contribution in [0.5, 0.6) is 0 Å². The summed E-state index contributed by atoms with van der Waals surface area (Å²) in [7, 11) is 0. The van der Waals surface area contributed by atoms with E-state index in [-0.39, 0.29) is 11.1 Å². The van der Waals surface area contributed by atoms with Gasteiger partial charge in [-0.25, -0.2) is 0 Å². The number of rotatable bonds is 3. The molecule has 1 atom stereocenters. The minimum Gasteiger partial charge on any atom is -0.314 e. The third kappa shape index (κ3) is 3.71. The molecule has 7 heteroatoms. The monoisotopic (exact) mass is 360 g/mol. The largest absolute Gasteiger partial charge is 0.417 e. The SMILES string of the molecule is FC(F)(F)c1cc([C@H](c2ccsc2)N2CCNCC2)ccc1Cl. The zero-order valence-corrected chi connectivity index (χ0v) is 13.8. The summed E-state index contributed by atoms with van der Waals surface area (Å²) in [4.78, 5) is 2.21. The van der Waals surface area contributed by atoms with Crippen LogP contribution >= 0.6 is 22.9 Å². The summed E-state index contributed by atoms with van der Waals surface area (Å²) in [6.45, 7) is 3.26. The lowest BCUT2D eigenvalue weighted by molar-refractivity contribution is -0.137. The number of piperazine rings is 1. The number of nitrogens with zero attached hydrogens (tertiary/aromatic N) is 1. The summed E-state index contributed by atoms with van der Waals surface area (Å²) in [6, 6.07) is 6.02. The van der Waals surface area contributed by atoms with Crippen LogP contribution < -0.4 is 5.32 Å². The summed E-state index contributed by atoms with van der Waals surface area (Å²) in [5.41, 5.74) is 0.876. The molecule has 23 heavy (non-hydrogen) atoms. The molecule has 0 spiro atoms. The lowest BCUT2D eigenvalue weighted by Crippen LogP contribution is -2.45. The molecule has 0 amide bonds. The molecule has 1 saturated heterocycles. The predicted octanol–water partition coefficient (Wildman–Crippen LogP) is 4.41. The fraction of sp³-hybridized carbons (Fsp3) is 0.375. The molecule has 0 unspecified atom stereocenters. The lowest BCUT2D eigenvalue weighted by Gasteiger charge is -2.35.